The Hall–Kier alpha value is -0.480. The number of hydrogen-bond donors (Lipinski definition) is 1. The Morgan fingerprint density at radius 1 is 1.38 bits per heavy atom. The Morgan fingerprint density at radius 2 is 2.08 bits per heavy atom. The predicted molar refractivity (Wildman–Crippen MR) is 55.3 cm³/mol. The van der Waals surface area contributed by atoms with Crippen molar-refractivity contribution in [2.45, 2.75) is 58.0 Å². The first-order valence-corrected chi connectivity index (χ1v) is 5.40. The maximum absolute atomic E-state index is 9.54. The van der Waals surface area contributed by atoms with E-state index in [-0.39, 0.29) is 6.10 Å². The average Bonchev–Trinajstić information content (AvgIpc) is 2.64. The van der Waals surface area contributed by atoms with Gasteiger partial charge in [-0.3, -0.25) is 0 Å². The van der Waals surface area contributed by atoms with Gasteiger partial charge in [-0.1, -0.05) is 25.7 Å². The molecule has 0 radical (unpaired) electrons. The molecule has 1 aliphatic rings. The van der Waals surface area contributed by atoms with Crippen molar-refractivity contribution in [1.82, 2.24) is 0 Å². The van der Waals surface area contributed by atoms with Crippen LogP contribution in [0.3, 0.4) is 0 Å². The lowest BCUT2D eigenvalue weighted by Gasteiger charge is -2.11. The van der Waals surface area contributed by atoms with Crippen LogP contribution in [0.1, 0.15) is 51.9 Å². The van der Waals surface area contributed by atoms with E-state index in [0.29, 0.717) is 6.42 Å². The molecule has 0 aromatic carbocycles. The number of aliphatic hydroxyl groups excluding tert-OH is 1. The molecule has 0 aromatic heterocycles. The minimum Gasteiger partial charge on any atom is -0.392 e. The summed E-state index contributed by atoms with van der Waals surface area (Å²) in [6.45, 7) is 1.82. The lowest BCUT2D eigenvalue weighted by atomic mass is 9.99. The smallest absolute Gasteiger partial charge is 0.0649 e. The molecule has 1 rings (SSSR count). The lowest BCUT2D eigenvalue weighted by Crippen LogP contribution is -2.07. The Morgan fingerprint density at radius 3 is 2.69 bits per heavy atom. The normalized spacial score (nSPS) is 19.5. The van der Waals surface area contributed by atoms with Crippen molar-refractivity contribution in [2.75, 3.05) is 0 Å². The summed E-state index contributed by atoms with van der Waals surface area (Å²) in [5.41, 5.74) is 0. The highest BCUT2D eigenvalue weighted by Crippen LogP contribution is 2.29. The van der Waals surface area contributed by atoms with Gasteiger partial charge in [0.15, 0.2) is 0 Å². The van der Waals surface area contributed by atoms with Crippen molar-refractivity contribution in [3.05, 3.63) is 0 Å². The van der Waals surface area contributed by atoms with E-state index in [9.17, 15) is 5.11 Å². The van der Waals surface area contributed by atoms with Crippen LogP contribution in [-0.2, 0) is 0 Å². The number of rotatable bonds is 4. The van der Waals surface area contributed by atoms with Gasteiger partial charge in [-0.05, 0) is 25.7 Å². The molecule has 0 aromatic rings. The van der Waals surface area contributed by atoms with E-state index in [0.717, 1.165) is 12.3 Å². The van der Waals surface area contributed by atoms with Gasteiger partial charge in [0, 0.05) is 6.42 Å². The molecule has 1 atom stereocenters. The van der Waals surface area contributed by atoms with Gasteiger partial charge >= 0.3 is 0 Å². The van der Waals surface area contributed by atoms with Crippen LogP contribution in [0.5, 0.6) is 0 Å². The van der Waals surface area contributed by atoms with Crippen LogP contribution in [0.25, 0.3) is 0 Å². The summed E-state index contributed by atoms with van der Waals surface area (Å²) in [5, 5.41) is 9.54. The second-order valence-corrected chi connectivity index (χ2v) is 4.01. The quantitative estimate of drug-likeness (QED) is 0.659. The third-order valence-electron chi connectivity index (χ3n) is 2.90. The fraction of sp³-hybridized carbons (Fsp3) is 0.833. The highest BCUT2D eigenvalue weighted by molar-refractivity contribution is 4.96. The van der Waals surface area contributed by atoms with E-state index in [2.05, 4.69) is 11.8 Å². The summed E-state index contributed by atoms with van der Waals surface area (Å²) in [7, 11) is 0. The summed E-state index contributed by atoms with van der Waals surface area (Å²) in [6.07, 6.45) is 8.17. The molecule has 0 bridgehead atoms. The summed E-state index contributed by atoms with van der Waals surface area (Å²) in [5.74, 6) is 6.63. The highest BCUT2D eigenvalue weighted by Gasteiger charge is 2.15. The minimum absolute atomic E-state index is 0.187. The van der Waals surface area contributed by atoms with Crippen LogP contribution >= 0.6 is 0 Å². The molecule has 0 heterocycles. The van der Waals surface area contributed by atoms with Crippen LogP contribution < -0.4 is 0 Å². The topological polar surface area (TPSA) is 20.2 Å². The van der Waals surface area contributed by atoms with Crippen molar-refractivity contribution >= 4 is 0 Å². The SMILES string of the molecule is CC#CCC(O)CCC1CCCC1. The Bertz CT molecular complexity index is 181. The molecule has 0 saturated heterocycles. The maximum atomic E-state index is 9.54. The van der Waals surface area contributed by atoms with Gasteiger partial charge < -0.3 is 5.11 Å². The highest BCUT2D eigenvalue weighted by atomic mass is 16.3. The summed E-state index contributed by atoms with van der Waals surface area (Å²) in [4.78, 5) is 0. The van der Waals surface area contributed by atoms with Crippen LogP contribution in [0.2, 0.25) is 0 Å². The van der Waals surface area contributed by atoms with Crippen molar-refractivity contribution < 1.29 is 5.11 Å². The third-order valence-corrected chi connectivity index (χ3v) is 2.90. The monoisotopic (exact) mass is 180 g/mol. The molecule has 0 aliphatic heterocycles. The molecule has 1 saturated carbocycles. The molecule has 13 heavy (non-hydrogen) atoms. The van der Waals surface area contributed by atoms with Crippen LogP contribution in [0.15, 0.2) is 0 Å². The van der Waals surface area contributed by atoms with Crippen LogP contribution in [-0.4, -0.2) is 11.2 Å². The number of hydrogen-bond acceptors (Lipinski definition) is 1. The van der Waals surface area contributed by atoms with E-state index in [1.807, 2.05) is 6.92 Å². The standard InChI is InChI=1S/C12H20O/c1-2-3-8-12(13)10-9-11-6-4-5-7-11/h11-13H,4-10H2,1H3. The first-order chi connectivity index (χ1) is 6.33. The zero-order chi connectivity index (χ0) is 9.52. The first kappa shape index (κ1) is 10.6. The van der Waals surface area contributed by atoms with Crippen LogP contribution in [0.4, 0.5) is 0 Å². The molecule has 0 amide bonds. The van der Waals surface area contributed by atoms with Gasteiger partial charge in [-0.15, -0.1) is 11.8 Å². The first-order valence-electron chi connectivity index (χ1n) is 5.40. The van der Waals surface area contributed by atoms with Gasteiger partial charge in [0.1, 0.15) is 0 Å². The van der Waals surface area contributed by atoms with Crippen molar-refractivity contribution in [1.29, 1.82) is 0 Å². The Balaban J connectivity index is 2.05. The molecule has 1 fully saturated rings. The Kier molecular flexibility index (Phi) is 4.93. The molecule has 1 heteroatoms. The second kappa shape index (κ2) is 6.05. The molecule has 0 spiro atoms. The molecular formula is C12H20O. The van der Waals surface area contributed by atoms with Gasteiger partial charge in [-0.25, -0.2) is 0 Å². The van der Waals surface area contributed by atoms with Crippen molar-refractivity contribution in [3.63, 3.8) is 0 Å². The van der Waals surface area contributed by atoms with Crippen LogP contribution in [0, 0.1) is 17.8 Å². The molecule has 1 aliphatic carbocycles. The second-order valence-electron chi connectivity index (χ2n) is 4.01. The van der Waals surface area contributed by atoms with Crippen molar-refractivity contribution in [2.24, 2.45) is 5.92 Å². The van der Waals surface area contributed by atoms with E-state index in [4.69, 9.17) is 0 Å². The van der Waals surface area contributed by atoms with Gasteiger partial charge in [-0.2, -0.15) is 0 Å². The largest absolute Gasteiger partial charge is 0.392 e. The summed E-state index contributed by atoms with van der Waals surface area (Å²) < 4.78 is 0. The zero-order valence-electron chi connectivity index (χ0n) is 8.55. The fourth-order valence-electron chi connectivity index (χ4n) is 2.05. The van der Waals surface area contributed by atoms with Gasteiger partial charge in [0.25, 0.3) is 0 Å². The third kappa shape index (κ3) is 4.33. The molecule has 1 N–H and O–H groups in total. The van der Waals surface area contributed by atoms with Gasteiger partial charge in [0.2, 0.25) is 0 Å². The molecule has 1 unspecified atom stereocenters. The average molecular weight is 180 g/mol. The Labute approximate surface area is 81.5 Å². The lowest BCUT2D eigenvalue weighted by molar-refractivity contribution is 0.160. The maximum Gasteiger partial charge on any atom is 0.0649 e. The minimum atomic E-state index is -0.187. The number of aliphatic hydroxyl groups is 1. The molecular weight excluding hydrogens is 160 g/mol. The van der Waals surface area contributed by atoms with E-state index in [1.165, 1.54) is 32.1 Å². The fourth-order valence-corrected chi connectivity index (χ4v) is 2.05. The summed E-state index contributed by atoms with van der Waals surface area (Å²) in [6, 6.07) is 0. The van der Waals surface area contributed by atoms with E-state index >= 15 is 0 Å². The van der Waals surface area contributed by atoms with Crippen molar-refractivity contribution in [3.8, 4) is 11.8 Å². The molecule has 74 valence electrons. The summed E-state index contributed by atoms with van der Waals surface area (Å²) >= 11 is 0. The zero-order valence-corrected chi connectivity index (χ0v) is 8.55. The molecule has 1 nitrogen and oxygen atoms in total. The van der Waals surface area contributed by atoms with E-state index < -0.39 is 0 Å². The predicted octanol–water partition coefficient (Wildman–Crippen LogP) is 2.73. The van der Waals surface area contributed by atoms with E-state index in [1.54, 1.807) is 0 Å². The van der Waals surface area contributed by atoms with Gasteiger partial charge in [0.05, 0.1) is 6.10 Å².